The zero-order valence-corrected chi connectivity index (χ0v) is 17.8. The predicted octanol–water partition coefficient (Wildman–Crippen LogP) is 5.85. The molecule has 29 heavy (non-hydrogen) atoms. The van der Waals surface area contributed by atoms with Crippen LogP contribution in [-0.4, -0.2) is 5.91 Å². The first-order valence-electron chi connectivity index (χ1n) is 8.82. The van der Waals surface area contributed by atoms with Crippen LogP contribution < -0.4 is 15.4 Å². The van der Waals surface area contributed by atoms with E-state index in [9.17, 15) is 10.1 Å². The number of ether oxygens (including phenoxy) is 1. The van der Waals surface area contributed by atoms with Gasteiger partial charge in [-0.25, -0.2) is 0 Å². The molecule has 0 saturated heterocycles. The van der Waals surface area contributed by atoms with E-state index >= 15 is 0 Å². The number of benzene rings is 3. The zero-order chi connectivity index (χ0) is 20.6. The number of aryl methyl sites for hydroxylation is 1. The molecule has 144 valence electrons. The number of nitriles is 1. The smallest absolute Gasteiger partial charge is 0.267 e. The van der Waals surface area contributed by atoms with Crippen LogP contribution in [0.1, 0.15) is 5.56 Å². The van der Waals surface area contributed by atoms with Crippen molar-refractivity contribution < 1.29 is 9.53 Å². The molecule has 6 heteroatoms. The number of hydrogen-bond acceptors (Lipinski definition) is 4. The first-order valence-corrected chi connectivity index (χ1v) is 9.90. The lowest BCUT2D eigenvalue weighted by Gasteiger charge is -2.09. The summed E-state index contributed by atoms with van der Waals surface area (Å²) in [4.78, 5) is 12.4. The third-order valence-electron chi connectivity index (χ3n) is 4.02. The molecule has 2 N–H and O–H groups in total. The summed E-state index contributed by atoms with van der Waals surface area (Å²) in [5.74, 6) is 0.900. The third-order valence-corrected chi connectivity index (χ3v) is 4.69. The van der Waals surface area contributed by atoms with E-state index in [1.807, 2.05) is 61.5 Å². The number of carbonyl (C=O) groups excluding carboxylic acids is 1. The minimum atomic E-state index is -0.486. The van der Waals surface area contributed by atoms with Gasteiger partial charge in [-0.1, -0.05) is 18.2 Å². The Balaban J connectivity index is 1.64. The average molecular weight is 495 g/mol. The number of halogens is 1. The molecule has 0 heterocycles. The second-order valence-electron chi connectivity index (χ2n) is 6.17. The monoisotopic (exact) mass is 495 g/mol. The Kier molecular flexibility index (Phi) is 6.87. The van der Waals surface area contributed by atoms with Crippen molar-refractivity contribution in [2.24, 2.45) is 0 Å². The maximum Gasteiger partial charge on any atom is 0.267 e. The van der Waals surface area contributed by atoms with E-state index in [2.05, 4.69) is 33.2 Å². The van der Waals surface area contributed by atoms with Crippen LogP contribution in [0.2, 0.25) is 0 Å². The Morgan fingerprint density at radius 1 is 1.03 bits per heavy atom. The largest absolute Gasteiger partial charge is 0.457 e. The molecule has 0 radical (unpaired) electrons. The van der Waals surface area contributed by atoms with Gasteiger partial charge in [0, 0.05) is 21.1 Å². The number of nitrogens with zero attached hydrogens (tertiary/aromatic N) is 1. The normalized spacial score (nSPS) is 10.7. The predicted molar refractivity (Wildman–Crippen MR) is 123 cm³/mol. The van der Waals surface area contributed by atoms with Gasteiger partial charge in [0.1, 0.15) is 23.1 Å². The Morgan fingerprint density at radius 2 is 1.72 bits per heavy atom. The number of anilines is 2. The Bertz CT molecular complexity index is 1070. The van der Waals surface area contributed by atoms with Crippen LogP contribution in [-0.2, 0) is 4.79 Å². The molecule has 0 saturated carbocycles. The van der Waals surface area contributed by atoms with Gasteiger partial charge in [0.2, 0.25) is 0 Å². The van der Waals surface area contributed by atoms with Crippen LogP contribution in [0.3, 0.4) is 0 Å². The molecule has 0 aromatic heterocycles. The first-order chi connectivity index (χ1) is 14.0. The fourth-order valence-corrected chi connectivity index (χ4v) is 3.16. The lowest BCUT2D eigenvalue weighted by atomic mass is 10.2. The van der Waals surface area contributed by atoms with Crippen molar-refractivity contribution in [3.8, 4) is 17.6 Å². The van der Waals surface area contributed by atoms with Gasteiger partial charge in [0.25, 0.3) is 5.91 Å². The highest BCUT2D eigenvalue weighted by atomic mass is 127. The van der Waals surface area contributed by atoms with Crippen molar-refractivity contribution in [3.05, 3.63) is 93.7 Å². The van der Waals surface area contributed by atoms with Gasteiger partial charge in [0.15, 0.2) is 0 Å². The molecule has 1 amide bonds. The molecular weight excluding hydrogens is 477 g/mol. The van der Waals surface area contributed by atoms with E-state index in [0.717, 1.165) is 20.6 Å². The fourth-order valence-electron chi connectivity index (χ4n) is 2.52. The third kappa shape index (κ3) is 5.83. The molecule has 0 aliphatic rings. The Hall–Kier alpha value is -3.31. The van der Waals surface area contributed by atoms with Gasteiger partial charge in [0.05, 0.1) is 0 Å². The van der Waals surface area contributed by atoms with Crippen molar-refractivity contribution in [1.82, 2.24) is 0 Å². The minimum Gasteiger partial charge on any atom is -0.457 e. The van der Waals surface area contributed by atoms with Gasteiger partial charge in [-0.15, -0.1) is 0 Å². The summed E-state index contributed by atoms with van der Waals surface area (Å²) in [7, 11) is 0. The highest BCUT2D eigenvalue weighted by Crippen LogP contribution is 2.23. The molecule has 0 aliphatic heterocycles. The average Bonchev–Trinajstić information content (AvgIpc) is 2.72. The summed E-state index contributed by atoms with van der Waals surface area (Å²) in [5.41, 5.74) is 2.42. The molecule has 3 aromatic carbocycles. The SMILES string of the molecule is Cc1cc(I)ccc1N/C=C(/C#N)C(=O)Nc1ccc(Oc2ccccc2)cc1. The van der Waals surface area contributed by atoms with E-state index < -0.39 is 5.91 Å². The maximum absolute atomic E-state index is 12.4. The summed E-state index contributed by atoms with van der Waals surface area (Å²) < 4.78 is 6.85. The van der Waals surface area contributed by atoms with Crippen molar-refractivity contribution in [2.45, 2.75) is 6.92 Å². The number of hydrogen-bond donors (Lipinski definition) is 2. The zero-order valence-electron chi connectivity index (χ0n) is 15.6. The van der Waals surface area contributed by atoms with Crippen molar-refractivity contribution in [3.63, 3.8) is 0 Å². The van der Waals surface area contributed by atoms with Crippen LogP contribution in [0.25, 0.3) is 0 Å². The molecule has 3 aromatic rings. The van der Waals surface area contributed by atoms with Gasteiger partial charge < -0.3 is 15.4 Å². The topological polar surface area (TPSA) is 74.2 Å². The fraction of sp³-hybridized carbons (Fsp3) is 0.0435. The van der Waals surface area contributed by atoms with Crippen LogP contribution in [0.5, 0.6) is 11.5 Å². The molecule has 3 rings (SSSR count). The lowest BCUT2D eigenvalue weighted by molar-refractivity contribution is -0.112. The number of nitrogens with one attached hydrogen (secondary N) is 2. The number of rotatable bonds is 6. The van der Waals surface area contributed by atoms with Crippen LogP contribution in [0.15, 0.2) is 84.6 Å². The highest BCUT2D eigenvalue weighted by Gasteiger charge is 2.10. The number of amides is 1. The second kappa shape index (κ2) is 9.75. The van der Waals surface area contributed by atoms with E-state index in [0.29, 0.717) is 11.4 Å². The number of carbonyl (C=O) groups is 1. The minimum absolute atomic E-state index is 0.0208. The second-order valence-corrected chi connectivity index (χ2v) is 7.41. The molecule has 0 spiro atoms. The van der Waals surface area contributed by atoms with Crippen molar-refractivity contribution in [2.75, 3.05) is 10.6 Å². The molecule has 0 unspecified atom stereocenters. The van der Waals surface area contributed by atoms with Crippen LogP contribution in [0, 0.1) is 21.8 Å². The van der Waals surface area contributed by atoms with E-state index in [1.165, 1.54) is 6.20 Å². The quantitative estimate of drug-likeness (QED) is 0.256. The number of para-hydroxylation sites is 1. The Labute approximate surface area is 183 Å². The van der Waals surface area contributed by atoms with Crippen molar-refractivity contribution >= 4 is 39.9 Å². The molecule has 0 atom stereocenters. The van der Waals surface area contributed by atoms with E-state index in [1.54, 1.807) is 24.3 Å². The lowest BCUT2D eigenvalue weighted by Crippen LogP contribution is -2.14. The molecule has 0 fully saturated rings. The molecule has 0 bridgehead atoms. The van der Waals surface area contributed by atoms with Crippen molar-refractivity contribution in [1.29, 1.82) is 5.26 Å². The van der Waals surface area contributed by atoms with Crippen LogP contribution >= 0.6 is 22.6 Å². The van der Waals surface area contributed by atoms with E-state index in [-0.39, 0.29) is 5.57 Å². The standard InChI is InChI=1S/C23H18IN3O2/c1-16-13-18(24)7-12-22(16)26-15-17(14-25)23(28)27-19-8-10-21(11-9-19)29-20-5-3-2-4-6-20/h2-13,15,26H,1H3,(H,27,28)/b17-15-. The maximum atomic E-state index is 12.4. The summed E-state index contributed by atoms with van der Waals surface area (Å²) in [6.45, 7) is 1.96. The highest BCUT2D eigenvalue weighted by molar-refractivity contribution is 14.1. The van der Waals surface area contributed by atoms with Crippen LogP contribution in [0.4, 0.5) is 11.4 Å². The molecular formula is C23H18IN3O2. The summed E-state index contributed by atoms with van der Waals surface area (Å²) >= 11 is 2.23. The molecule has 5 nitrogen and oxygen atoms in total. The Morgan fingerprint density at radius 3 is 2.38 bits per heavy atom. The first kappa shape index (κ1) is 20.4. The van der Waals surface area contributed by atoms with Gasteiger partial charge in [-0.2, -0.15) is 5.26 Å². The van der Waals surface area contributed by atoms with Gasteiger partial charge >= 0.3 is 0 Å². The summed E-state index contributed by atoms with van der Waals surface area (Å²) in [5, 5.41) is 15.1. The molecule has 0 aliphatic carbocycles. The van der Waals surface area contributed by atoms with Gasteiger partial charge in [-0.3, -0.25) is 4.79 Å². The summed E-state index contributed by atoms with van der Waals surface area (Å²) in [6, 6.07) is 24.2. The summed E-state index contributed by atoms with van der Waals surface area (Å²) in [6.07, 6.45) is 1.41. The van der Waals surface area contributed by atoms with E-state index in [4.69, 9.17) is 4.74 Å². The van der Waals surface area contributed by atoms with Gasteiger partial charge in [-0.05, 0) is 89.7 Å².